The number of aryl methyl sites for hydroxylation is 1. The van der Waals surface area contributed by atoms with Crippen LogP contribution >= 0.6 is 22.9 Å². The summed E-state index contributed by atoms with van der Waals surface area (Å²) in [5.74, 6) is -0.317. The third-order valence-electron chi connectivity index (χ3n) is 2.86. The molecule has 9 heteroatoms. The van der Waals surface area contributed by atoms with Crippen LogP contribution in [-0.4, -0.2) is 32.4 Å². The molecule has 0 aliphatic carbocycles. The Morgan fingerprint density at radius 2 is 2.17 bits per heavy atom. The quantitative estimate of drug-likeness (QED) is 0.565. The Morgan fingerprint density at radius 1 is 1.38 bits per heavy atom. The topological polar surface area (TPSA) is 88.2 Å². The van der Waals surface area contributed by atoms with Crippen LogP contribution in [0.15, 0.2) is 40.6 Å². The van der Waals surface area contributed by atoms with Crippen molar-refractivity contribution in [1.29, 1.82) is 0 Å². The molecule has 128 valence electrons. The summed E-state index contributed by atoms with van der Waals surface area (Å²) in [5.41, 5.74) is 0.717. The lowest BCUT2D eigenvalue weighted by Crippen LogP contribution is -2.34. The van der Waals surface area contributed by atoms with Gasteiger partial charge >= 0.3 is 0 Å². The zero-order valence-electron chi connectivity index (χ0n) is 12.8. The smallest absolute Gasteiger partial charge is 0.244 e. The van der Waals surface area contributed by atoms with E-state index in [0.717, 1.165) is 5.01 Å². The van der Waals surface area contributed by atoms with Gasteiger partial charge in [-0.2, -0.15) is 0 Å². The van der Waals surface area contributed by atoms with E-state index in [-0.39, 0.29) is 23.9 Å². The van der Waals surface area contributed by atoms with Gasteiger partial charge in [-0.15, -0.1) is 11.3 Å². The molecule has 1 heterocycles. The van der Waals surface area contributed by atoms with E-state index in [0.29, 0.717) is 10.7 Å². The molecule has 0 radical (unpaired) electrons. The summed E-state index contributed by atoms with van der Waals surface area (Å²) in [4.78, 5) is 15.9. The van der Waals surface area contributed by atoms with E-state index in [1.54, 1.807) is 18.2 Å². The summed E-state index contributed by atoms with van der Waals surface area (Å²) < 4.78 is 26.5. The molecule has 0 aliphatic rings. The summed E-state index contributed by atoms with van der Waals surface area (Å²) in [6.45, 7) is 2.12. The molecule has 0 aliphatic heterocycles. The fraction of sp³-hybridized carbons (Fsp3) is 0.200. The highest BCUT2D eigenvalue weighted by Gasteiger charge is 2.13. The average Bonchev–Trinajstić information content (AvgIpc) is 2.95. The van der Waals surface area contributed by atoms with E-state index < -0.39 is 10.0 Å². The first-order valence-corrected chi connectivity index (χ1v) is 9.74. The maximum absolute atomic E-state index is 12.0. The molecule has 0 atom stereocenters. The van der Waals surface area contributed by atoms with Crippen LogP contribution < -0.4 is 10.0 Å². The molecule has 0 saturated heterocycles. The van der Waals surface area contributed by atoms with Crippen LogP contribution in [0.5, 0.6) is 0 Å². The maximum Gasteiger partial charge on any atom is 0.244 e. The summed E-state index contributed by atoms with van der Waals surface area (Å²) in [6, 6.07) is 5.97. The number of rotatable bonds is 7. The van der Waals surface area contributed by atoms with Crippen molar-refractivity contribution in [3.05, 3.63) is 51.4 Å². The minimum atomic E-state index is -3.65. The van der Waals surface area contributed by atoms with Crippen molar-refractivity contribution >= 4 is 44.9 Å². The van der Waals surface area contributed by atoms with Gasteiger partial charge < -0.3 is 5.32 Å². The molecule has 1 aromatic heterocycles. The van der Waals surface area contributed by atoms with Gasteiger partial charge in [-0.25, -0.2) is 18.1 Å². The summed E-state index contributed by atoms with van der Waals surface area (Å²) >= 11 is 7.28. The fourth-order valence-corrected chi connectivity index (χ4v) is 3.68. The summed E-state index contributed by atoms with van der Waals surface area (Å²) in [6.07, 6.45) is 2.97. The number of benzene rings is 1. The summed E-state index contributed by atoms with van der Waals surface area (Å²) in [7, 11) is -3.65. The number of nitrogens with zero attached hydrogens (tertiary/aromatic N) is 1. The number of halogens is 1. The molecule has 24 heavy (non-hydrogen) atoms. The van der Waals surface area contributed by atoms with Gasteiger partial charge in [0.1, 0.15) is 0 Å². The highest BCUT2D eigenvalue weighted by atomic mass is 35.5. The molecule has 0 spiro atoms. The van der Waals surface area contributed by atoms with Gasteiger partial charge in [-0.1, -0.05) is 17.7 Å². The third kappa shape index (κ3) is 5.72. The van der Waals surface area contributed by atoms with Gasteiger partial charge in [-0.05, 0) is 31.2 Å². The van der Waals surface area contributed by atoms with Crippen LogP contribution in [-0.2, 0) is 14.8 Å². The van der Waals surface area contributed by atoms with E-state index >= 15 is 0 Å². The second-order valence-electron chi connectivity index (χ2n) is 4.77. The molecule has 6 nitrogen and oxygen atoms in total. The highest BCUT2D eigenvalue weighted by Crippen LogP contribution is 2.14. The number of carbonyl (C=O) groups excluding carboxylic acids is 1. The van der Waals surface area contributed by atoms with Crippen molar-refractivity contribution in [3.63, 3.8) is 0 Å². The van der Waals surface area contributed by atoms with E-state index in [9.17, 15) is 13.2 Å². The largest absolute Gasteiger partial charge is 0.351 e. The van der Waals surface area contributed by atoms with Crippen molar-refractivity contribution in [2.24, 2.45) is 0 Å². The Hall–Kier alpha value is -1.74. The van der Waals surface area contributed by atoms with Crippen LogP contribution in [0.1, 0.15) is 10.7 Å². The Bertz CT molecular complexity index is 847. The summed E-state index contributed by atoms with van der Waals surface area (Å²) in [5, 5.41) is 5.70. The van der Waals surface area contributed by atoms with E-state index in [1.165, 1.54) is 29.5 Å². The van der Waals surface area contributed by atoms with Gasteiger partial charge in [0.2, 0.25) is 15.9 Å². The van der Waals surface area contributed by atoms with Gasteiger partial charge in [0.05, 0.1) is 15.6 Å². The standard InChI is InChI=1S/C15H16ClN3O3S2/c1-11-19-13(10-23-11)5-6-15(20)17-7-8-18-24(21,22)14-4-2-3-12(16)9-14/h2-6,9-10,18H,7-8H2,1H3,(H,17,20)/b6-5+. The molecular weight excluding hydrogens is 370 g/mol. The normalized spacial score (nSPS) is 11.8. The molecule has 0 bridgehead atoms. The van der Waals surface area contributed by atoms with Crippen LogP contribution in [0.25, 0.3) is 6.08 Å². The van der Waals surface area contributed by atoms with Crippen molar-refractivity contribution in [2.45, 2.75) is 11.8 Å². The van der Waals surface area contributed by atoms with Gasteiger partial charge in [0.15, 0.2) is 0 Å². The number of sulfonamides is 1. The number of amides is 1. The van der Waals surface area contributed by atoms with Crippen molar-refractivity contribution in [3.8, 4) is 0 Å². The molecule has 2 aromatic rings. The lowest BCUT2D eigenvalue weighted by Gasteiger charge is -2.07. The molecule has 0 fully saturated rings. The van der Waals surface area contributed by atoms with Crippen LogP contribution in [0.4, 0.5) is 0 Å². The van der Waals surface area contributed by atoms with Crippen LogP contribution in [0.3, 0.4) is 0 Å². The highest BCUT2D eigenvalue weighted by molar-refractivity contribution is 7.89. The maximum atomic E-state index is 12.0. The first-order chi connectivity index (χ1) is 11.4. The first kappa shape index (κ1) is 18.6. The first-order valence-electron chi connectivity index (χ1n) is 7.00. The lowest BCUT2D eigenvalue weighted by molar-refractivity contribution is -0.116. The second-order valence-corrected chi connectivity index (χ2v) is 8.04. The predicted molar refractivity (Wildman–Crippen MR) is 95.5 cm³/mol. The van der Waals surface area contributed by atoms with Crippen LogP contribution in [0, 0.1) is 6.92 Å². The second kappa shape index (κ2) is 8.39. The van der Waals surface area contributed by atoms with Crippen molar-refractivity contribution < 1.29 is 13.2 Å². The molecular formula is C15H16ClN3O3S2. The molecule has 1 aromatic carbocycles. The van der Waals surface area contributed by atoms with E-state index in [2.05, 4.69) is 15.0 Å². The number of nitrogens with one attached hydrogen (secondary N) is 2. The number of hydrogen-bond donors (Lipinski definition) is 2. The van der Waals surface area contributed by atoms with Crippen molar-refractivity contribution in [2.75, 3.05) is 13.1 Å². The Balaban J connectivity index is 1.78. The van der Waals surface area contributed by atoms with Gasteiger partial charge in [0.25, 0.3) is 0 Å². The number of aromatic nitrogens is 1. The Kier molecular flexibility index (Phi) is 6.50. The fourth-order valence-electron chi connectivity index (χ4n) is 1.77. The van der Waals surface area contributed by atoms with Crippen LogP contribution in [0.2, 0.25) is 5.02 Å². The minimum absolute atomic E-state index is 0.0736. The molecule has 1 amide bonds. The molecule has 2 N–H and O–H groups in total. The third-order valence-corrected chi connectivity index (χ3v) is 5.35. The average molecular weight is 386 g/mol. The number of carbonyl (C=O) groups is 1. The minimum Gasteiger partial charge on any atom is -0.351 e. The molecule has 0 saturated carbocycles. The Morgan fingerprint density at radius 3 is 2.83 bits per heavy atom. The predicted octanol–water partition coefficient (Wildman–Crippen LogP) is 2.21. The zero-order chi connectivity index (χ0) is 17.6. The monoisotopic (exact) mass is 385 g/mol. The zero-order valence-corrected chi connectivity index (χ0v) is 15.2. The van der Waals surface area contributed by atoms with Gasteiger partial charge in [-0.3, -0.25) is 4.79 Å². The SMILES string of the molecule is Cc1nc(/C=C/C(=O)NCCNS(=O)(=O)c2cccc(Cl)c2)cs1. The Labute approximate surface area is 149 Å². The molecule has 2 rings (SSSR count). The van der Waals surface area contributed by atoms with Gasteiger partial charge in [0, 0.05) is 29.6 Å². The van der Waals surface area contributed by atoms with Crippen molar-refractivity contribution in [1.82, 2.24) is 15.0 Å². The van der Waals surface area contributed by atoms with E-state index in [1.807, 2.05) is 12.3 Å². The lowest BCUT2D eigenvalue weighted by atomic mass is 10.4. The van der Waals surface area contributed by atoms with E-state index in [4.69, 9.17) is 11.6 Å². The number of hydrogen-bond acceptors (Lipinski definition) is 5. The number of thiazole rings is 1. The molecule has 0 unspecified atom stereocenters.